The molecule has 30 heavy (non-hydrogen) atoms. The molecule has 3 aliphatic rings. The molecule has 1 spiro atoms. The Morgan fingerprint density at radius 2 is 1.93 bits per heavy atom. The molecule has 1 aromatic carbocycles. The van der Waals surface area contributed by atoms with E-state index in [-0.39, 0.29) is 36.7 Å². The van der Waals surface area contributed by atoms with E-state index >= 15 is 0 Å². The Morgan fingerprint density at radius 1 is 1.20 bits per heavy atom. The van der Waals surface area contributed by atoms with E-state index in [1.165, 1.54) is 4.90 Å². The molecule has 1 aromatic rings. The zero-order valence-electron chi connectivity index (χ0n) is 16.7. The Balaban J connectivity index is 1.25. The largest absolute Gasteiger partial charge is 0.356 e. The van der Waals surface area contributed by atoms with Gasteiger partial charge in [-0.15, -0.1) is 0 Å². The number of hydrogen-bond acceptors (Lipinski definition) is 4. The van der Waals surface area contributed by atoms with E-state index in [2.05, 4.69) is 26.6 Å². The molecule has 1 atom stereocenters. The van der Waals surface area contributed by atoms with Gasteiger partial charge in [-0.05, 0) is 47.3 Å². The number of anilines is 1. The first-order valence-electron chi connectivity index (χ1n) is 10.4. The summed E-state index contributed by atoms with van der Waals surface area (Å²) in [6.07, 6.45) is 3.96. The van der Waals surface area contributed by atoms with Crippen molar-refractivity contribution < 1.29 is 19.2 Å². The van der Waals surface area contributed by atoms with Crippen LogP contribution in [-0.4, -0.2) is 53.8 Å². The highest BCUT2D eigenvalue weighted by atomic mass is 79.9. The summed E-state index contributed by atoms with van der Waals surface area (Å²) in [6.45, 7) is 0.963. The van der Waals surface area contributed by atoms with Gasteiger partial charge in [0.15, 0.2) is 0 Å². The standard InChI is InChI=1S/C21H25BrN4O4/c22-15-6-1-2-7-16(15)26-13-14(12-17(26)27)18(28)23-10-5-11-25-19(29)21(24-20(25)30)8-3-4-9-21/h1-2,6-7,14H,3-5,8-13H2,(H,23,28)(H,24,30). The van der Waals surface area contributed by atoms with Crippen LogP contribution in [0.4, 0.5) is 10.5 Å². The summed E-state index contributed by atoms with van der Waals surface area (Å²) in [5, 5.41) is 5.70. The van der Waals surface area contributed by atoms with Crippen molar-refractivity contribution in [2.45, 2.75) is 44.1 Å². The second-order valence-electron chi connectivity index (χ2n) is 8.18. The van der Waals surface area contributed by atoms with Gasteiger partial charge in [-0.3, -0.25) is 19.3 Å². The molecule has 2 saturated heterocycles. The van der Waals surface area contributed by atoms with E-state index in [4.69, 9.17) is 0 Å². The number of carbonyl (C=O) groups is 4. The summed E-state index contributed by atoms with van der Waals surface area (Å²) < 4.78 is 0.813. The average molecular weight is 477 g/mol. The number of imide groups is 1. The molecule has 0 radical (unpaired) electrons. The molecule has 3 fully saturated rings. The molecule has 1 saturated carbocycles. The molecular weight excluding hydrogens is 452 g/mol. The normalized spacial score (nSPS) is 22.8. The highest BCUT2D eigenvalue weighted by molar-refractivity contribution is 9.10. The van der Waals surface area contributed by atoms with Crippen LogP contribution in [0.5, 0.6) is 0 Å². The molecule has 1 aliphatic carbocycles. The van der Waals surface area contributed by atoms with E-state index in [0.29, 0.717) is 32.4 Å². The van der Waals surface area contributed by atoms with Crippen LogP contribution in [0.25, 0.3) is 0 Å². The first-order chi connectivity index (χ1) is 14.4. The maximum atomic E-state index is 12.6. The summed E-state index contributed by atoms with van der Waals surface area (Å²) in [4.78, 5) is 52.6. The summed E-state index contributed by atoms with van der Waals surface area (Å²) in [5.41, 5.74) is 0.0666. The van der Waals surface area contributed by atoms with Gasteiger partial charge in [-0.25, -0.2) is 4.79 Å². The van der Waals surface area contributed by atoms with Gasteiger partial charge in [0.2, 0.25) is 11.8 Å². The molecular formula is C21H25BrN4O4. The van der Waals surface area contributed by atoms with Gasteiger partial charge in [0.05, 0.1) is 11.6 Å². The monoisotopic (exact) mass is 476 g/mol. The lowest BCUT2D eigenvalue weighted by Gasteiger charge is -2.20. The zero-order chi connectivity index (χ0) is 21.3. The summed E-state index contributed by atoms with van der Waals surface area (Å²) in [6, 6.07) is 7.10. The SMILES string of the molecule is O=C(NCCCN1C(=O)NC2(CCCC2)C1=O)C1CC(=O)N(c2ccccc2Br)C1. The van der Waals surface area contributed by atoms with Crippen molar-refractivity contribution in [3.8, 4) is 0 Å². The van der Waals surface area contributed by atoms with Crippen LogP contribution in [0.3, 0.4) is 0 Å². The lowest BCUT2D eigenvalue weighted by molar-refractivity contribution is -0.131. The summed E-state index contributed by atoms with van der Waals surface area (Å²) in [7, 11) is 0. The highest BCUT2D eigenvalue weighted by Gasteiger charge is 2.52. The Bertz CT molecular complexity index is 884. The number of carbonyl (C=O) groups excluding carboxylic acids is 4. The number of benzene rings is 1. The van der Waals surface area contributed by atoms with Crippen LogP contribution in [0.1, 0.15) is 38.5 Å². The van der Waals surface area contributed by atoms with Crippen LogP contribution in [0, 0.1) is 5.92 Å². The first-order valence-corrected chi connectivity index (χ1v) is 11.2. The van der Waals surface area contributed by atoms with Crippen LogP contribution in [0.2, 0.25) is 0 Å². The fourth-order valence-corrected chi connectivity index (χ4v) is 5.08. The minimum absolute atomic E-state index is 0.0803. The Kier molecular flexibility index (Phi) is 5.81. The molecule has 0 bridgehead atoms. The first kappa shape index (κ1) is 20.8. The number of halogens is 1. The number of urea groups is 1. The maximum Gasteiger partial charge on any atom is 0.325 e. The molecule has 2 heterocycles. The van der Waals surface area contributed by atoms with Gasteiger partial charge in [-0.2, -0.15) is 0 Å². The number of nitrogens with one attached hydrogen (secondary N) is 2. The quantitative estimate of drug-likeness (QED) is 0.485. The van der Waals surface area contributed by atoms with Gasteiger partial charge in [-0.1, -0.05) is 25.0 Å². The van der Waals surface area contributed by atoms with E-state index in [1.807, 2.05) is 24.3 Å². The van der Waals surface area contributed by atoms with Crippen molar-refractivity contribution in [3.63, 3.8) is 0 Å². The van der Waals surface area contributed by atoms with E-state index in [0.717, 1.165) is 23.0 Å². The topological polar surface area (TPSA) is 98.8 Å². The van der Waals surface area contributed by atoms with E-state index < -0.39 is 11.5 Å². The molecule has 5 amide bonds. The fraction of sp³-hybridized carbons (Fsp3) is 0.524. The second-order valence-corrected chi connectivity index (χ2v) is 9.03. The fourth-order valence-electron chi connectivity index (χ4n) is 4.58. The lowest BCUT2D eigenvalue weighted by atomic mass is 9.98. The Morgan fingerprint density at radius 3 is 2.67 bits per heavy atom. The van der Waals surface area contributed by atoms with E-state index in [1.54, 1.807) is 4.90 Å². The third-order valence-corrected chi connectivity index (χ3v) is 6.87. The molecule has 0 aromatic heterocycles. The Hall–Kier alpha value is -2.42. The number of rotatable bonds is 6. The second kappa shape index (κ2) is 8.37. The van der Waals surface area contributed by atoms with Gasteiger partial charge in [0, 0.05) is 30.5 Å². The van der Waals surface area contributed by atoms with Crippen molar-refractivity contribution in [1.29, 1.82) is 0 Å². The predicted molar refractivity (Wildman–Crippen MR) is 114 cm³/mol. The summed E-state index contributed by atoms with van der Waals surface area (Å²) >= 11 is 3.45. The van der Waals surface area contributed by atoms with Crippen molar-refractivity contribution in [2.24, 2.45) is 5.92 Å². The number of para-hydroxylation sites is 1. The Labute approximate surface area is 183 Å². The average Bonchev–Trinajstić information content (AvgIpc) is 3.40. The highest BCUT2D eigenvalue weighted by Crippen LogP contribution is 2.35. The predicted octanol–water partition coefficient (Wildman–Crippen LogP) is 2.17. The third kappa shape index (κ3) is 3.82. The lowest BCUT2D eigenvalue weighted by Crippen LogP contribution is -2.44. The molecule has 2 N–H and O–H groups in total. The van der Waals surface area contributed by atoms with Crippen molar-refractivity contribution >= 4 is 45.4 Å². The number of amides is 5. The number of hydrogen-bond donors (Lipinski definition) is 2. The van der Waals surface area contributed by atoms with Crippen LogP contribution in [-0.2, 0) is 14.4 Å². The van der Waals surface area contributed by atoms with Gasteiger partial charge < -0.3 is 15.5 Å². The van der Waals surface area contributed by atoms with Crippen LogP contribution in [0.15, 0.2) is 28.7 Å². The molecule has 9 heteroatoms. The number of nitrogens with zero attached hydrogens (tertiary/aromatic N) is 2. The maximum absolute atomic E-state index is 12.6. The van der Waals surface area contributed by atoms with Gasteiger partial charge >= 0.3 is 6.03 Å². The summed E-state index contributed by atoms with van der Waals surface area (Å²) in [5.74, 6) is -0.810. The molecule has 160 valence electrons. The van der Waals surface area contributed by atoms with Crippen molar-refractivity contribution in [3.05, 3.63) is 28.7 Å². The minimum Gasteiger partial charge on any atom is -0.356 e. The molecule has 4 rings (SSSR count). The van der Waals surface area contributed by atoms with Gasteiger partial charge in [0.1, 0.15) is 5.54 Å². The van der Waals surface area contributed by atoms with E-state index in [9.17, 15) is 19.2 Å². The van der Waals surface area contributed by atoms with Crippen LogP contribution < -0.4 is 15.5 Å². The molecule has 2 aliphatic heterocycles. The van der Waals surface area contributed by atoms with Crippen molar-refractivity contribution in [2.75, 3.05) is 24.5 Å². The third-order valence-electron chi connectivity index (χ3n) is 6.20. The van der Waals surface area contributed by atoms with Gasteiger partial charge in [0.25, 0.3) is 5.91 Å². The van der Waals surface area contributed by atoms with Crippen molar-refractivity contribution in [1.82, 2.24) is 15.5 Å². The smallest absolute Gasteiger partial charge is 0.325 e. The molecule has 8 nitrogen and oxygen atoms in total. The minimum atomic E-state index is -0.695. The van der Waals surface area contributed by atoms with Crippen LogP contribution >= 0.6 is 15.9 Å². The molecule has 1 unspecified atom stereocenters. The zero-order valence-corrected chi connectivity index (χ0v) is 18.2.